The molecule has 0 N–H and O–H groups in total. The van der Waals surface area contributed by atoms with Crippen molar-refractivity contribution in [1.82, 2.24) is 14.8 Å². The zero-order valence-corrected chi connectivity index (χ0v) is 15.2. The Morgan fingerprint density at radius 2 is 1.56 bits per heavy atom. The average Bonchev–Trinajstić information content (AvgIpc) is 3.23. The van der Waals surface area contributed by atoms with Crippen molar-refractivity contribution in [2.45, 2.75) is 51.0 Å². The second kappa shape index (κ2) is 7.73. The first-order valence-corrected chi connectivity index (χ1v) is 10.1. The van der Waals surface area contributed by atoms with Crippen LogP contribution in [0, 0.1) is 0 Å². The number of rotatable bonds is 3. The highest BCUT2D eigenvalue weighted by Gasteiger charge is 2.28. The summed E-state index contributed by atoms with van der Waals surface area (Å²) in [4.78, 5) is 24.3. The van der Waals surface area contributed by atoms with Crippen LogP contribution in [0.2, 0.25) is 0 Å². The molecule has 0 aliphatic carbocycles. The summed E-state index contributed by atoms with van der Waals surface area (Å²) < 4.78 is 0. The van der Waals surface area contributed by atoms with Gasteiger partial charge in [-0.1, -0.05) is 6.42 Å². The lowest BCUT2D eigenvalue weighted by molar-refractivity contribution is 0.0589. The van der Waals surface area contributed by atoms with E-state index < -0.39 is 0 Å². The van der Waals surface area contributed by atoms with Crippen LogP contribution in [0.3, 0.4) is 0 Å². The van der Waals surface area contributed by atoms with E-state index in [1.807, 2.05) is 17.0 Å². The number of nitrogens with zero attached hydrogens (tertiary/aromatic N) is 4. The zero-order valence-electron chi connectivity index (χ0n) is 15.2. The van der Waals surface area contributed by atoms with Crippen molar-refractivity contribution in [3.63, 3.8) is 0 Å². The van der Waals surface area contributed by atoms with Crippen LogP contribution in [0.25, 0.3) is 0 Å². The van der Waals surface area contributed by atoms with E-state index in [0.717, 1.165) is 50.4 Å². The predicted octanol–water partition coefficient (Wildman–Crippen LogP) is 2.77. The fourth-order valence-corrected chi connectivity index (χ4v) is 4.55. The van der Waals surface area contributed by atoms with Gasteiger partial charge in [0.05, 0.1) is 5.56 Å². The first-order chi connectivity index (χ1) is 12.3. The second-order valence-corrected chi connectivity index (χ2v) is 7.72. The molecule has 0 bridgehead atoms. The van der Waals surface area contributed by atoms with Crippen LogP contribution >= 0.6 is 0 Å². The van der Waals surface area contributed by atoms with Crippen molar-refractivity contribution in [3.8, 4) is 0 Å². The predicted molar refractivity (Wildman–Crippen MR) is 100 cm³/mol. The monoisotopic (exact) mass is 342 g/mol. The van der Waals surface area contributed by atoms with Crippen LogP contribution in [0.15, 0.2) is 18.3 Å². The largest absolute Gasteiger partial charge is 0.357 e. The zero-order chi connectivity index (χ0) is 17.1. The Morgan fingerprint density at radius 1 is 0.880 bits per heavy atom. The molecule has 5 heteroatoms. The number of hydrogen-bond acceptors (Lipinski definition) is 4. The SMILES string of the molecule is O=C(c1ccc(N2CCCC2)nc1)N1CCC(N2CCCCC2)CC1. The minimum Gasteiger partial charge on any atom is -0.357 e. The van der Waals surface area contributed by atoms with Crippen LogP contribution in [0.4, 0.5) is 5.82 Å². The third kappa shape index (κ3) is 3.81. The molecular formula is C20H30N4O. The molecule has 0 radical (unpaired) electrons. The Balaban J connectivity index is 1.32. The number of hydrogen-bond donors (Lipinski definition) is 0. The van der Waals surface area contributed by atoms with E-state index in [2.05, 4.69) is 14.8 Å². The number of carbonyl (C=O) groups is 1. The molecule has 0 aromatic carbocycles. The molecule has 1 aromatic heterocycles. The molecule has 0 spiro atoms. The van der Waals surface area contributed by atoms with Crippen molar-refractivity contribution in [3.05, 3.63) is 23.9 Å². The van der Waals surface area contributed by atoms with Crippen molar-refractivity contribution < 1.29 is 4.79 Å². The van der Waals surface area contributed by atoms with Crippen LogP contribution in [0.1, 0.15) is 55.3 Å². The molecule has 1 aromatic rings. The smallest absolute Gasteiger partial charge is 0.255 e. The minimum atomic E-state index is 0.151. The van der Waals surface area contributed by atoms with Gasteiger partial charge in [0.15, 0.2) is 0 Å². The lowest BCUT2D eigenvalue weighted by Crippen LogP contribution is -2.48. The summed E-state index contributed by atoms with van der Waals surface area (Å²) in [6.07, 6.45) is 10.6. The van der Waals surface area contributed by atoms with Crippen molar-refractivity contribution >= 4 is 11.7 Å². The van der Waals surface area contributed by atoms with Gasteiger partial charge in [-0.3, -0.25) is 4.79 Å². The van der Waals surface area contributed by atoms with E-state index in [0.29, 0.717) is 6.04 Å². The highest BCUT2D eigenvalue weighted by atomic mass is 16.2. The molecule has 0 saturated carbocycles. The summed E-state index contributed by atoms with van der Waals surface area (Å²) in [7, 11) is 0. The van der Waals surface area contributed by atoms with Gasteiger partial charge >= 0.3 is 0 Å². The molecular weight excluding hydrogens is 312 g/mol. The quantitative estimate of drug-likeness (QED) is 0.847. The number of anilines is 1. The molecule has 5 nitrogen and oxygen atoms in total. The molecule has 1 amide bonds. The van der Waals surface area contributed by atoms with Crippen LogP contribution < -0.4 is 4.90 Å². The lowest BCUT2D eigenvalue weighted by atomic mass is 9.99. The highest BCUT2D eigenvalue weighted by Crippen LogP contribution is 2.23. The summed E-state index contributed by atoms with van der Waals surface area (Å²) in [5, 5.41) is 0. The number of carbonyl (C=O) groups excluding carboxylic acids is 1. The molecule has 3 aliphatic heterocycles. The van der Waals surface area contributed by atoms with Crippen molar-refractivity contribution in [2.75, 3.05) is 44.2 Å². The molecule has 0 unspecified atom stereocenters. The van der Waals surface area contributed by atoms with E-state index in [9.17, 15) is 4.79 Å². The Kier molecular flexibility index (Phi) is 5.20. The van der Waals surface area contributed by atoms with E-state index in [4.69, 9.17) is 0 Å². The summed E-state index contributed by atoms with van der Waals surface area (Å²) in [6.45, 7) is 6.44. The first kappa shape index (κ1) is 16.8. The molecule has 3 aliphatic rings. The van der Waals surface area contributed by atoms with E-state index in [1.54, 1.807) is 6.20 Å². The molecule has 25 heavy (non-hydrogen) atoms. The van der Waals surface area contributed by atoms with Gasteiger partial charge in [-0.25, -0.2) is 4.98 Å². The summed E-state index contributed by atoms with van der Waals surface area (Å²) in [5.41, 5.74) is 0.736. The molecule has 4 rings (SSSR count). The Bertz CT molecular complexity index is 568. The van der Waals surface area contributed by atoms with Gasteiger partial charge in [0.1, 0.15) is 5.82 Å². The average molecular weight is 342 g/mol. The lowest BCUT2D eigenvalue weighted by Gasteiger charge is -2.40. The fraction of sp³-hybridized carbons (Fsp3) is 0.700. The van der Waals surface area contributed by atoms with Gasteiger partial charge in [0.25, 0.3) is 5.91 Å². The van der Waals surface area contributed by atoms with Crippen molar-refractivity contribution in [1.29, 1.82) is 0 Å². The number of amides is 1. The highest BCUT2D eigenvalue weighted by molar-refractivity contribution is 5.94. The third-order valence-corrected chi connectivity index (χ3v) is 6.08. The fourth-order valence-electron chi connectivity index (χ4n) is 4.55. The maximum Gasteiger partial charge on any atom is 0.255 e. The van der Waals surface area contributed by atoms with E-state index in [-0.39, 0.29) is 5.91 Å². The molecule has 136 valence electrons. The molecule has 3 saturated heterocycles. The van der Waals surface area contributed by atoms with Crippen molar-refractivity contribution in [2.24, 2.45) is 0 Å². The second-order valence-electron chi connectivity index (χ2n) is 7.72. The summed E-state index contributed by atoms with van der Waals surface area (Å²) in [5.74, 6) is 1.16. The number of pyridine rings is 1. The Hall–Kier alpha value is -1.62. The number of piperidine rings is 2. The molecule has 3 fully saturated rings. The first-order valence-electron chi connectivity index (χ1n) is 10.1. The normalized spacial score (nSPS) is 23.2. The third-order valence-electron chi connectivity index (χ3n) is 6.08. The van der Waals surface area contributed by atoms with Gasteiger partial charge in [-0.05, 0) is 63.7 Å². The standard InChI is InChI=1S/C20H30N4O/c25-20(17-6-7-19(21-16-17)23-12-4-5-13-23)24-14-8-18(9-15-24)22-10-2-1-3-11-22/h6-7,16,18H,1-5,8-15H2. The molecule has 4 heterocycles. The van der Waals surface area contributed by atoms with Crippen LogP contribution in [-0.4, -0.2) is 66.0 Å². The summed E-state index contributed by atoms with van der Waals surface area (Å²) >= 11 is 0. The topological polar surface area (TPSA) is 39.7 Å². The van der Waals surface area contributed by atoms with Gasteiger partial charge in [0.2, 0.25) is 0 Å². The van der Waals surface area contributed by atoms with Gasteiger partial charge in [-0.15, -0.1) is 0 Å². The summed E-state index contributed by atoms with van der Waals surface area (Å²) in [6, 6.07) is 4.65. The van der Waals surface area contributed by atoms with Crippen LogP contribution in [-0.2, 0) is 0 Å². The number of aromatic nitrogens is 1. The van der Waals surface area contributed by atoms with Gasteiger partial charge < -0.3 is 14.7 Å². The number of likely N-dealkylation sites (tertiary alicyclic amines) is 2. The van der Waals surface area contributed by atoms with E-state index in [1.165, 1.54) is 45.2 Å². The van der Waals surface area contributed by atoms with Gasteiger partial charge in [0, 0.05) is 38.4 Å². The van der Waals surface area contributed by atoms with Gasteiger partial charge in [-0.2, -0.15) is 0 Å². The maximum atomic E-state index is 12.8. The minimum absolute atomic E-state index is 0.151. The Labute approximate surface area is 151 Å². The van der Waals surface area contributed by atoms with E-state index >= 15 is 0 Å². The van der Waals surface area contributed by atoms with Crippen LogP contribution in [0.5, 0.6) is 0 Å². The maximum absolute atomic E-state index is 12.8. The Morgan fingerprint density at radius 3 is 2.20 bits per heavy atom. The molecule has 0 atom stereocenters.